The summed E-state index contributed by atoms with van der Waals surface area (Å²) < 4.78 is 7.81. The summed E-state index contributed by atoms with van der Waals surface area (Å²) in [5, 5.41) is 7.14. The lowest BCUT2D eigenvalue weighted by Crippen LogP contribution is -2.42. The summed E-state index contributed by atoms with van der Waals surface area (Å²) in [6, 6.07) is -0.455. The Balaban J connectivity index is 2.76. The molecule has 0 spiro atoms. The van der Waals surface area contributed by atoms with E-state index in [1.165, 1.54) is 0 Å². The average molecular weight is 337 g/mol. The van der Waals surface area contributed by atoms with Gasteiger partial charge < -0.3 is 10.1 Å². The van der Waals surface area contributed by atoms with E-state index in [2.05, 4.69) is 33.0 Å². The van der Waals surface area contributed by atoms with Gasteiger partial charge in [-0.1, -0.05) is 0 Å². The van der Waals surface area contributed by atoms with Crippen LogP contribution in [0.5, 0.6) is 0 Å². The highest BCUT2D eigenvalue weighted by atomic mass is 127. The Morgan fingerprint density at radius 2 is 2.44 bits per heavy atom. The monoisotopic (exact) mass is 337 g/mol. The maximum Gasteiger partial charge on any atom is 0.325 e. The van der Waals surface area contributed by atoms with Crippen molar-refractivity contribution in [3.63, 3.8) is 0 Å². The molecule has 0 saturated heterocycles. The molecule has 0 aliphatic heterocycles. The molecule has 0 aliphatic rings. The SMILES string of the molecule is CCOC(=O)C(NC)C(C)n1cc(I)cn1. The van der Waals surface area contributed by atoms with E-state index in [4.69, 9.17) is 4.74 Å². The number of hydrogen-bond donors (Lipinski definition) is 1. The summed E-state index contributed by atoms with van der Waals surface area (Å²) in [7, 11) is 1.74. The summed E-state index contributed by atoms with van der Waals surface area (Å²) in [6.45, 7) is 4.12. The largest absolute Gasteiger partial charge is 0.465 e. The van der Waals surface area contributed by atoms with Crippen LogP contribution in [0.4, 0.5) is 0 Å². The van der Waals surface area contributed by atoms with Gasteiger partial charge in [0.25, 0.3) is 0 Å². The molecule has 2 atom stereocenters. The van der Waals surface area contributed by atoms with Gasteiger partial charge in [0.1, 0.15) is 6.04 Å². The van der Waals surface area contributed by atoms with Gasteiger partial charge in [-0.3, -0.25) is 9.48 Å². The summed E-state index contributed by atoms with van der Waals surface area (Å²) in [5.41, 5.74) is 0. The molecule has 1 aromatic heterocycles. The van der Waals surface area contributed by atoms with Crippen LogP contribution in [0.2, 0.25) is 0 Å². The zero-order valence-corrected chi connectivity index (χ0v) is 11.8. The van der Waals surface area contributed by atoms with Crippen molar-refractivity contribution >= 4 is 28.6 Å². The lowest BCUT2D eigenvalue weighted by Gasteiger charge is -2.21. The molecule has 0 bridgehead atoms. The van der Waals surface area contributed by atoms with E-state index < -0.39 is 0 Å². The Morgan fingerprint density at radius 3 is 2.88 bits per heavy atom. The molecular weight excluding hydrogens is 321 g/mol. The Labute approximate surface area is 109 Å². The van der Waals surface area contributed by atoms with E-state index in [0.717, 1.165) is 3.57 Å². The highest BCUT2D eigenvalue weighted by molar-refractivity contribution is 14.1. The van der Waals surface area contributed by atoms with Crippen molar-refractivity contribution < 1.29 is 9.53 Å². The smallest absolute Gasteiger partial charge is 0.325 e. The third-order valence-electron chi connectivity index (χ3n) is 2.32. The molecule has 0 saturated carbocycles. The molecule has 1 heterocycles. The topological polar surface area (TPSA) is 56.1 Å². The van der Waals surface area contributed by atoms with Gasteiger partial charge in [0, 0.05) is 6.20 Å². The second kappa shape index (κ2) is 6.19. The molecule has 0 radical (unpaired) electrons. The molecule has 2 unspecified atom stereocenters. The van der Waals surface area contributed by atoms with Gasteiger partial charge >= 0.3 is 5.97 Å². The quantitative estimate of drug-likeness (QED) is 0.648. The minimum atomic E-state index is -0.379. The molecule has 0 aliphatic carbocycles. The first-order valence-corrected chi connectivity index (χ1v) is 6.21. The number of nitrogens with one attached hydrogen (secondary N) is 1. The van der Waals surface area contributed by atoms with Crippen molar-refractivity contribution in [2.24, 2.45) is 0 Å². The Kier molecular flexibility index (Phi) is 5.20. The van der Waals surface area contributed by atoms with Gasteiger partial charge in [0.05, 0.1) is 22.4 Å². The van der Waals surface area contributed by atoms with Gasteiger partial charge in [-0.25, -0.2) is 0 Å². The van der Waals surface area contributed by atoms with Crippen molar-refractivity contribution in [2.75, 3.05) is 13.7 Å². The average Bonchev–Trinajstić information content (AvgIpc) is 2.66. The predicted molar refractivity (Wildman–Crippen MR) is 69.1 cm³/mol. The Bertz CT molecular complexity index is 354. The summed E-state index contributed by atoms with van der Waals surface area (Å²) in [5.74, 6) is -0.247. The first-order chi connectivity index (χ1) is 7.60. The molecule has 1 rings (SSSR count). The Hall–Kier alpha value is -0.630. The van der Waals surface area contributed by atoms with Crippen LogP contribution in [0.3, 0.4) is 0 Å². The van der Waals surface area contributed by atoms with Crippen molar-refractivity contribution in [1.82, 2.24) is 15.1 Å². The third-order valence-corrected chi connectivity index (χ3v) is 2.88. The van der Waals surface area contributed by atoms with Crippen LogP contribution in [0.15, 0.2) is 12.4 Å². The van der Waals surface area contributed by atoms with E-state index in [-0.39, 0.29) is 18.1 Å². The van der Waals surface area contributed by atoms with E-state index in [1.54, 1.807) is 24.9 Å². The van der Waals surface area contributed by atoms with Crippen LogP contribution in [0.1, 0.15) is 19.9 Å². The first kappa shape index (κ1) is 13.4. The minimum absolute atomic E-state index is 0.0763. The van der Waals surface area contributed by atoms with Gasteiger partial charge in [0.15, 0.2) is 0 Å². The number of rotatable bonds is 5. The molecule has 1 aromatic rings. The normalized spacial score (nSPS) is 14.5. The molecule has 5 nitrogen and oxygen atoms in total. The fourth-order valence-electron chi connectivity index (χ4n) is 1.48. The van der Waals surface area contributed by atoms with E-state index in [9.17, 15) is 4.79 Å². The van der Waals surface area contributed by atoms with Crippen LogP contribution in [0.25, 0.3) is 0 Å². The molecule has 16 heavy (non-hydrogen) atoms. The van der Waals surface area contributed by atoms with E-state index in [0.29, 0.717) is 6.61 Å². The summed E-state index contributed by atoms with van der Waals surface area (Å²) in [4.78, 5) is 11.7. The number of aromatic nitrogens is 2. The number of carbonyl (C=O) groups excluding carboxylic acids is 1. The molecule has 6 heteroatoms. The second-order valence-corrected chi connectivity index (χ2v) is 4.64. The van der Waals surface area contributed by atoms with E-state index in [1.807, 2.05) is 13.1 Å². The van der Waals surface area contributed by atoms with Crippen molar-refractivity contribution in [3.05, 3.63) is 16.0 Å². The van der Waals surface area contributed by atoms with Gasteiger partial charge in [-0.05, 0) is 43.5 Å². The van der Waals surface area contributed by atoms with Crippen LogP contribution in [0, 0.1) is 3.57 Å². The number of halogens is 1. The minimum Gasteiger partial charge on any atom is -0.465 e. The van der Waals surface area contributed by atoms with Gasteiger partial charge in [-0.15, -0.1) is 0 Å². The summed E-state index contributed by atoms with van der Waals surface area (Å²) in [6.07, 6.45) is 3.66. The number of ether oxygens (including phenoxy) is 1. The molecule has 0 amide bonds. The third kappa shape index (κ3) is 3.18. The fourth-order valence-corrected chi connectivity index (χ4v) is 1.89. The van der Waals surface area contributed by atoms with Crippen molar-refractivity contribution in [3.8, 4) is 0 Å². The first-order valence-electron chi connectivity index (χ1n) is 5.13. The van der Waals surface area contributed by atoms with Crippen LogP contribution >= 0.6 is 22.6 Å². The van der Waals surface area contributed by atoms with Crippen LogP contribution in [-0.2, 0) is 9.53 Å². The molecule has 90 valence electrons. The van der Waals surface area contributed by atoms with Crippen molar-refractivity contribution in [2.45, 2.75) is 25.9 Å². The number of nitrogens with zero attached hydrogens (tertiary/aromatic N) is 2. The lowest BCUT2D eigenvalue weighted by molar-refractivity contribution is -0.146. The maximum absolute atomic E-state index is 11.7. The van der Waals surface area contributed by atoms with Gasteiger partial charge in [-0.2, -0.15) is 5.10 Å². The summed E-state index contributed by atoms with van der Waals surface area (Å²) >= 11 is 2.18. The van der Waals surface area contributed by atoms with E-state index >= 15 is 0 Å². The number of carbonyl (C=O) groups is 1. The molecule has 0 aromatic carbocycles. The van der Waals surface area contributed by atoms with Gasteiger partial charge in [0.2, 0.25) is 0 Å². The Morgan fingerprint density at radius 1 is 1.75 bits per heavy atom. The maximum atomic E-state index is 11.7. The van der Waals surface area contributed by atoms with Crippen LogP contribution in [-0.4, -0.2) is 35.4 Å². The highest BCUT2D eigenvalue weighted by Gasteiger charge is 2.26. The molecular formula is C10H16IN3O2. The van der Waals surface area contributed by atoms with Crippen molar-refractivity contribution in [1.29, 1.82) is 0 Å². The molecule has 0 fully saturated rings. The lowest BCUT2D eigenvalue weighted by atomic mass is 10.1. The number of hydrogen-bond acceptors (Lipinski definition) is 4. The zero-order chi connectivity index (χ0) is 12.1. The standard InChI is InChI=1S/C10H16IN3O2/c1-4-16-10(15)9(12-3)7(2)14-6-8(11)5-13-14/h5-7,9,12H,4H2,1-3H3. The number of likely N-dealkylation sites (N-methyl/N-ethyl adjacent to an activating group) is 1. The molecule has 1 N–H and O–H groups in total. The fraction of sp³-hybridized carbons (Fsp3) is 0.600. The predicted octanol–water partition coefficient (Wildman–Crippen LogP) is 1.20. The zero-order valence-electron chi connectivity index (χ0n) is 9.61. The number of esters is 1. The highest BCUT2D eigenvalue weighted by Crippen LogP contribution is 2.13. The second-order valence-electron chi connectivity index (χ2n) is 3.40. The van der Waals surface area contributed by atoms with Crippen LogP contribution < -0.4 is 5.32 Å².